The van der Waals surface area contributed by atoms with Gasteiger partial charge in [0.1, 0.15) is 11.3 Å². The summed E-state index contributed by atoms with van der Waals surface area (Å²) in [6, 6.07) is 16.1. The molecule has 0 unspecified atom stereocenters. The molecule has 46 heavy (non-hydrogen) atoms. The molecule has 12 nitrogen and oxygen atoms in total. The monoisotopic (exact) mass is 620 g/mol. The van der Waals surface area contributed by atoms with Crippen LogP contribution in [0.2, 0.25) is 0 Å². The summed E-state index contributed by atoms with van der Waals surface area (Å²) in [5.74, 6) is 0.338. The highest BCUT2D eigenvalue weighted by atomic mass is 16.6. The lowest BCUT2D eigenvalue weighted by molar-refractivity contribution is -0.141. The van der Waals surface area contributed by atoms with Crippen molar-refractivity contribution in [2.45, 2.75) is 77.7 Å². The minimum absolute atomic E-state index is 0.0401. The smallest absolute Gasteiger partial charge is 0.315 e. The SMILES string of the molecule is Cc1nc2c(OC(=O)C3CCCCC3)nnc(OC(=O)C3CCCCC3)c2n1Cc1ccc(-c2ccccc2-c2nn[nH]n2)cc1. The summed E-state index contributed by atoms with van der Waals surface area (Å²) in [6.07, 6.45) is 9.48. The van der Waals surface area contributed by atoms with Gasteiger partial charge in [-0.25, -0.2) is 4.98 Å². The summed E-state index contributed by atoms with van der Waals surface area (Å²) in [6.45, 7) is 2.29. The third-order valence-electron chi connectivity index (χ3n) is 9.19. The highest BCUT2D eigenvalue weighted by Crippen LogP contribution is 2.35. The van der Waals surface area contributed by atoms with Crippen molar-refractivity contribution in [2.24, 2.45) is 11.8 Å². The van der Waals surface area contributed by atoms with E-state index in [-0.39, 0.29) is 35.5 Å². The van der Waals surface area contributed by atoms with Gasteiger partial charge in [0.15, 0.2) is 5.52 Å². The van der Waals surface area contributed by atoms with Gasteiger partial charge in [0, 0.05) is 12.1 Å². The van der Waals surface area contributed by atoms with E-state index < -0.39 is 0 Å². The van der Waals surface area contributed by atoms with E-state index in [1.807, 2.05) is 60.0 Å². The van der Waals surface area contributed by atoms with Crippen molar-refractivity contribution in [2.75, 3.05) is 0 Å². The van der Waals surface area contributed by atoms with Crippen molar-refractivity contribution in [1.82, 2.24) is 40.4 Å². The Morgan fingerprint density at radius 2 is 1.39 bits per heavy atom. The number of nitrogens with one attached hydrogen (secondary N) is 1. The second-order valence-corrected chi connectivity index (χ2v) is 12.2. The number of rotatable bonds is 8. The van der Waals surface area contributed by atoms with E-state index in [1.54, 1.807) is 0 Å². The Kier molecular flexibility index (Phi) is 8.49. The molecular formula is C34H36N8O4. The average Bonchev–Trinajstić information content (AvgIpc) is 3.76. The number of tetrazole rings is 1. The molecule has 236 valence electrons. The Balaban J connectivity index is 1.21. The number of aryl methyl sites for hydroxylation is 1. The van der Waals surface area contributed by atoms with Crippen LogP contribution >= 0.6 is 0 Å². The maximum absolute atomic E-state index is 13.2. The summed E-state index contributed by atoms with van der Waals surface area (Å²) in [5, 5.41) is 23.0. The fourth-order valence-electron chi connectivity index (χ4n) is 6.66. The molecule has 2 saturated carbocycles. The van der Waals surface area contributed by atoms with E-state index in [4.69, 9.17) is 14.5 Å². The molecule has 3 heterocycles. The van der Waals surface area contributed by atoms with Gasteiger partial charge in [0.2, 0.25) is 5.82 Å². The van der Waals surface area contributed by atoms with Crippen molar-refractivity contribution >= 4 is 23.0 Å². The number of aromatic nitrogens is 8. The van der Waals surface area contributed by atoms with Gasteiger partial charge in [0.05, 0.1) is 11.8 Å². The zero-order chi connectivity index (χ0) is 31.5. The number of hydrogen-bond donors (Lipinski definition) is 1. The molecule has 2 fully saturated rings. The summed E-state index contributed by atoms with van der Waals surface area (Å²) >= 11 is 0. The van der Waals surface area contributed by atoms with Gasteiger partial charge in [0.25, 0.3) is 11.8 Å². The van der Waals surface area contributed by atoms with Gasteiger partial charge in [-0.1, -0.05) is 87.1 Å². The summed E-state index contributed by atoms with van der Waals surface area (Å²) in [5.41, 5.74) is 4.69. The number of esters is 2. The van der Waals surface area contributed by atoms with Crippen LogP contribution in [0.15, 0.2) is 48.5 Å². The Morgan fingerprint density at radius 1 is 0.783 bits per heavy atom. The van der Waals surface area contributed by atoms with Crippen LogP contribution < -0.4 is 9.47 Å². The fourth-order valence-corrected chi connectivity index (χ4v) is 6.66. The lowest BCUT2D eigenvalue weighted by atomic mass is 9.89. The number of fused-ring (bicyclic) bond motifs is 1. The molecule has 0 bridgehead atoms. The number of H-pyrrole nitrogens is 1. The van der Waals surface area contributed by atoms with E-state index in [1.165, 1.54) is 0 Å². The molecule has 3 aromatic heterocycles. The van der Waals surface area contributed by atoms with E-state index in [9.17, 15) is 9.59 Å². The Morgan fingerprint density at radius 3 is 2.02 bits per heavy atom. The van der Waals surface area contributed by atoms with Crippen LogP contribution in [-0.2, 0) is 16.1 Å². The number of hydrogen-bond acceptors (Lipinski definition) is 10. The Bertz CT molecular complexity index is 1840. The summed E-state index contributed by atoms with van der Waals surface area (Å²) in [7, 11) is 0. The molecule has 7 rings (SSSR count). The van der Waals surface area contributed by atoms with Gasteiger partial charge < -0.3 is 14.0 Å². The lowest BCUT2D eigenvalue weighted by Crippen LogP contribution is -2.24. The zero-order valence-electron chi connectivity index (χ0n) is 25.8. The van der Waals surface area contributed by atoms with Crippen LogP contribution in [0, 0.1) is 18.8 Å². The maximum Gasteiger partial charge on any atom is 0.315 e. The summed E-state index contributed by atoms with van der Waals surface area (Å²) < 4.78 is 13.7. The topological polar surface area (TPSA) is 151 Å². The third-order valence-corrected chi connectivity index (χ3v) is 9.19. The standard InChI is InChI=1S/C34H36N8O4/c1-21-35-28-29(42(21)20-22-16-18-23(19-17-22)26-14-8-9-15-27(26)30-36-40-41-37-30)32(46-34(44)25-12-6-3-7-13-25)39-38-31(28)45-33(43)24-10-4-2-5-11-24/h8-9,14-19,24-25H,2-7,10-13,20H2,1H3,(H,36,37,40,41). The number of imidazole rings is 1. The van der Waals surface area contributed by atoms with Gasteiger partial charge >= 0.3 is 11.9 Å². The largest absolute Gasteiger partial charge is 0.403 e. The predicted octanol–water partition coefficient (Wildman–Crippen LogP) is 6.00. The first-order valence-corrected chi connectivity index (χ1v) is 16.1. The quantitative estimate of drug-likeness (QED) is 0.205. The van der Waals surface area contributed by atoms with Crippen LogP contribution in [0.4, 0.5) is 0 Å². The van der Waals surface area contributed by atoms with Crippen LogP contribution in [0.3, 0.4) is 0 Å². The molecule has 1 N–H and O–H groups in total. The minimum atomic E-state index is -0.314. The van der Waals surface area contributed by atoms with Gasteiger partial charge in [-0.15, -0.1) is 20.4 Å². The molecule has 12 heteroatoms. The van der Waals surface area contributed by atoms with Gasteiger partial charge in [-0.2, -0.15) is 5.21 Å². The van der Waals surface area contributed by atoms with E-state index in [0.29, 0.717) is 29.2 Å². The Hall–Kier alpha value is -5.00. The van der Waals surface area contributed by atoms with Crippen LogP contribution in [-0.4, -0.2) is 52.3 Å². The third kappa shape index (κ3) is 6.11. The van der Waals surface area contributed by atoms with Crippen molar-refractivity contribution in [3.8, 4) is 34.3 Å². The highest BCUT2D eigenvalue weighted by Gasteiger charge is 2.29. The van der Waals surface area contributed by atoms with E-state index >= 15 is 0 Å². The molecule has 0 atom stereocenters. The molecule has 5 aromatic rings. The van der Waals surface area contributed by atoms with Gasteiger partial charge in [-0.3, -0.25) is 9.59 Å². The number of carbonyl (C=O) groups excluding carboxylic acids is 2. The number of aromatic amines is 1. The summed E-state index contributed by atoms with van der Waals surface area (Å²) in [4.78, 5) is 31.1. The van der Waals surface area contributed by atoms with Gasteiger partial charge in [-0.05, 0) is 54.5 Å². The van der Waals surface area contributed by atoms with Crippen LogP contribution in [0.1, 0.15) is 75.6 Å². The molecule has 0 aliphatic heterocycles. The van der Waals surface area contributed by atoms with Crippen molar-refractivity contribution in [3.63, 3.8) is 0 Å². The molecule has 0 saturated heterocycles. The fraction of sp³-hybridized carbons (Fsp3) is 0.412. The predicted molar refractivity (Wildman–Crippen MR) is 169 cm³/mol. The van der Waals surface area contributed by atoms with Crippen molar-refractivity contribution in [3.05, 3.63) is 59.9 Å². The number of nitrogens with zero attached hydrogens (tertiary/aromatic N) is 7. The van der Waals surface area contributed by atoms with Crippen LogP contribution in [0.25, 0.3) is 33.5 Å². The highest BCUT2D eigenvalue weighted by molar-refractivity contribution is 5.89. The van der Waals surface area contributed by atoms with Crippen LogP contribution in [0.5, 0.6) is 11.8 Å². The molecule has 0 radical (unpaired) electrons. The molecular weight excluding hydrogens is 584 g/mol. The number of ether oxygens (including phenoxy) is 2. The van der Waals surface area contributed by atoms with Crippen molar-refractivity contribution < 1.29 is 19.1 Å². The Labute approximate surface area is 265 Å². The first-order valence-electron chi connectivity index (χ1n) is 16.1. The molecule has 2 aromatic carbocycles. The van der Waals surface area contributed by atoms with E-state index in [2.05, 4.69) is 30.8 Å². The zero-order valence-corrected chi connectivity index (χ0v) is 25.8. The molecule has 2 aliphatic carbocycles. The number of carbonyl (C=O) groups is 2. The normalized spacial score (nSPS) is 16.0. The molecule has 0 spiro atoms. The second kappa shape index (κ2) is 13.2. The molecule has 2 aliphatic rings. The first kappa shape index (κ1) is 29.7. The van der Waals surface area contributed by atoms with E-state index in [0.717, 1.165) is 86.5 Å². The second-order valence-electron chi connectivity index (χ2n) is 12.2. The average molecular weight is 621 g/mol. The minimum Gasteiger partial charge on any atom is -0.403 e. The van der Waals surface area contributed by atoms with Crippen molar-refractivity contribution in [1.29, 1.82) is 0 Å². The number of benzene rings is 2. The lowest BCUT2D eigenvalue weighted by Gasteiger charge is -2.20. The maximum atomic E-state index is 13.2. The molecule has 0 amide bonds. The first-order chi connectivity index (χ1) is 22.5.